The lowest BCUT2D eigenvalue weighted by Gasteiger charge is -2.13. The predicted molar refractivity (Wildman–Crippen MR) is 86.5 cm³/mol. The molecule has 0 aliphatic rings. The highest BCUT2D eigenvalue weighted by molar-refractivity contribution is 9.08. The summed E-state index contributed by atoms with van der Waals surface area (Å²) in [4.78, 5) is 0. The van der Waals surface area contributed by atoms with E-state index in [0.29, 0.717) is 22.3 Å². The Morgan fingerprint density at radius 3 is 2.30 bits per heavy atom. The zero-order chi connectivity index (χ0) is 14.5. The molecule has 0 N–H and O–H groups in total. The SMILES string of the molecule is CCc1ccc(Oc2ccc(CBr)cc2Cl)c(OC)c1. The molecule has 2 rings (SSSR count). The Bertz CT molecular complexity index is 599. The van der Waals surface area contributed by atoms with Crippen molar-refractivity contribution < 1.29 is 9.47 Å². The molecule has 106 valence electrons. The highest BCUT2D eigenvalue weighted by Crippen LogP contribution is 2.36. The van der Waals surface area contributed by atoms with E-state index in [1.165, 1.54) is 5.56 Å². The van der Waals surface area contributed by atoms with Gasteiger partial charge in [0.05, 0.1) is 12.1 Å². The molecular formula is C16H16BrClO2. The Balaban J connectivity index is 2.29. The van der Waals surface area contributed by atoms with Crippen molar-refractivity contribution in [3.63, 3.8) is 0 Å². The highest BCUT2D eigenvalue weighted by Gasteiger charge is 2.09. The summed E-state index contributed by atoms with van der Waals surface area (Å²) in [5.74, 6) is 2.00. The predicted octanol–water partition coefficient (Wildman–Crippen LogP) is 5.60. The minimum atomic E-state index is 0.587. The largest absolute Gasteiger partial charge is 0.493 e. The van der Waals surface area contributed by atoms with E-state index in [4.69, 9.17) is 21.1 Å². The average molecular weight is 356 g/mol. The Morgan fingerprint density at radius 1 is 1.00 bits per heavy atom. The van der Waals surface area contributed by atoms with Crippen molar-refractivity contribution in [2.75, 3.05) is 7.11 Å². The number of alkyl halides is 1. The van der Waals surface area contributed by atoms with Crippen molar-refractivity contribution in [1.29, 1.82) is 0 Å². The lowest BCUT2D eigenvalue weighted by atomic mass is 10.1. The monoisotopic (exact) mass is 354 g/mol. The van der Waals surface area contributed by atoms with Crippen molar-refractivity contribution in [1.82, 2.24) is 0 Å². The van der Waals surface area contributed by atoms with Crippen molar-refractivity contribution in [2.45, 2.75) is 18.7 Å². The molecule has 0 bridgehead atoms. The van der Waals surface area contributed by atoms with Gasteiger partial charge in [-0.25, -0.2) is 0 Å². The molecule has 4 heteroatoms. The van der Waals surface area contributed by atoms with Crippen molar-refractivity contribution >= 4 is 27.5 Å². The Kier molecular flexibility index (Phi) is 5.32. The minimum Gasteiger partial charge on any atom is -0.493 e. The first-order valence-corrected chi connectivity index (χ1v) is 7.87. The third kappa shape index (κ3) is 3.47. The van der Waals surface area contributed by atoms with Gasteiger partial charge in [-0.05, 0) is 41.8 Å². The number of methoxy groups -OCH3 is 1. The van der Waals surface area contributed by atoms with E-state index in [-0.39, 0.29) is 0 Å². The van der Waals surface area contributed by atoms with Crippen LogP contribution in [0.3, 0.4) is 0 Å². The molecule has 2 aromatic carbocycles. The summed E-state index contributed by atoms with van der Waals surface area (Å²) < 4.78 is 11.2. The quantitative estimate of drug-likeness (QED) is 0.650. The second-order valence-corrected chi connectivity index (χ2v) is 5.31. The van der Waals surface area contributed by atoms with Gasteiger partial charge in [0, 0.05) is 5.33 Å². The number of rotatable bonds is 5. The fraction of sp³-hybridized carbons (Fsp3) is 0.250. The topological polar surface area (TPSA) is 18.5 Å². The van der Waals surface area contributed by atoms with Gasteiger partial charge < -0.3 is 9.47 Å². The molecular weight excluding hydrogens is 340 g/mol. The molecule has 0 amide bonds. The summed E-state index contributed by atoms with van der Waals surface area (Å²) in [6.45, 7) is 2.10. The molecule has 0 saturated carbocycles. The molecule has 0 saturated heterocycles. The molecule has 0 heterocycles. The van der Waals surface area contributed by atoms with Gasteiger partial charge in [0.2, 0.25) is 0 Å². The smallest absolute Gasteiger partial charge is 0.169 e. The highest BCUT2D eigenvalue weighted by atomic mass is 79.9. The number of aryl methyl sites for hydroxylation is 1. The van der Waals surface area contributed by atoms with Crippen LogP contribution in [0.15, 0.2) is 36.4 Å². The van der Waals surface area contributed by atoms with E-state index in [2.05, 4.69) is 22.9 Å². The van der Waals surface area contributed by atoms with Gasteiger partial charge in [0.15, 0.2) is 11.5 Å². The summed E-state index contributed by atoms with van der Waals surface area (Å²) in [6, 6.07) is 11.6. The fourth-order valence-electron chi connectivity index (χ4n) is 1.84. The van der Waals surface area contributed by atoms with Crippen LogP contribution in [0.25, 0.3) is 0 Å². The van der Waals surface area contributed by atoms with Gasteiger partial charge in [-0.2, -0.15) is 0 Å². The van der Waals surface area contributed by atoms with Crippen LogP contribution in [0.2, 0.25) is 5.02 Å². The minimum absolute atomic E-state index is 0.587. The van der Waals surface area contributed by atoms with Crippen LogP contribution >= 0.6 is 27.5 Å². The molecule has 0 atom stereocenters. The lowest BCUT2D eigenvalue weighted by Crippen LogP contribution is -1.93. The van der Waals surface area contributed by atoms with Crippen molar-refractivity contribution in [3.8, 4) is 17.2 Å². The number of benzene rings is 2. The third-order valence-corrected chi connectivity index (χ3v) is 3.95. The van der Waals surface area contributed by atoms with Crippen molar-refractivity contribution in [3.05, 3.63) is 52.5 Å². The molecule has 0 unspecified atom stereocenters. The van der Waals surface area contributed by atoms with E-state index in [1.807, 2.05) is 36.4 Å². The first-order chi connectivity index (χ1) is 9.67. The van der Waals surface area contributed by atoms with E-state index in [1.54, 1.807) is 7.11 Å². The van der Waals surface area contributed by atoms with Crippen LogP contribution in [-0.4, -0.2) is 7.11 Å². The van der Waals surface area contributed by atoms with Gasteiger partial charge in [0.1, 0.15) is 5.75 Å². The summed E-state index contributed by atoms with van der Waals surface area (Å²) in [5.41, 5.74) is 2.31. The van der Waals surface area contributed by atoms with E-state index < -0.39 is 0 Å². The summed E-state index contributed by atoms with van der Waals surface area (Å²) in [5, 5.41) is 1.35. The first-order valence-electron chi connectivity index (χ1n) is 6.37. The van der Waals surface area contributed by atoms with Gasteiger partial charge in [-0.3, -0.25) is 0 Å². The maximum Gasteiger partial charge on any atom is 0.169 e. The number of hydrogen-bond donors (Lipinski definition) is 0. The molecule has 0 fully saturated rings. The fourth-order valence-corrected chi connectivity index (χ4v) is 2.44. The molecule has 0 aliphatic heterocycles. The summed E-state index contributed by atoms with van der Waals surface area (Å²) in [7, 11) is 1.64. The summed E-state index contributed by atoms with van der Waals surface area (Å²) in [6.07, 6.45) is 0.956. The normalized spacial score (nSPS) is 10.4. The maximum atomic E-state index is 6.23. The maximum absolute atomic E-state index is 6.23. The van der Waals surface area contributed by atoms with Crippen LogP contribution in [0, 0.1) is 0 Å². The zero-order valence-electron chi connectivity index (χ0n) is 11.5. The third-order valence-electron chi connectivity index (χ3n) is 3.01. The van der Waals surface area contributed by atoms with Gasteiger partial charge in [-0.1, -0.05) is 46.6 Å². The van der Waals surface area contributed by atoms with Crippen LogP contribution in [0.1, 0.15) is 18.1 Å². The van der Waals surface area contributed by atoms with Gasteiger partial charge in [0.25, 0.3) is 0 Å². The number of halogens is 2. The Hall–Kier alpha value is -1.19. The Morgan fingerprint density at radius 2 is 1.70 bits per heavy atom. The van der Waals surface area contributed by atoms with Gasteiger partial charge >= 0.3 is 0 Å². The molecule has 2 aromatic rings. The van der Waals surface area contributed by atoms with E-state index >= 15 is 0 Å². The molecule has 0 aromatic heterocycles. The Labute approximate surface area is 132 Å². The number of ether oxygens (including phenoxy) is 2. The second kappa shape index (κ2) is 7.00. The zero-order valence-corrected chi connectivity index (χ0v) is 13.8. The lowest BCUT2D eigenvalue weighted by molar-refractivity contribution is 0.378. The van der Waals surface area contributed by atoms with Crippen LogP contribution in [0.5, 0.6) is 17.2 Å². The van der Waals surface area contributed by atoms with Crippen molar-refractivity contribution in [2.24, 2.45) is 0 Å². The summed E-state index contributed by atoms with van der Waals surface area (Å²) >= 11 is 9.63. The molecule has 2 nitrogen and oxygen atoms in total. The molecule has 0 spiro atoms. The second-order valence-electron chi connectivity index (χ2n) is 4.34. The van der Waals surface area contributed by atoms with Crippen LogP contribution < -0.4 is 9.47 Å². The van der Waals surface area contributed by atoms with Gasteiger partial charge in [-0.15, -0.1) is 0 Å². The molecule has 0 aliphatic carbocycles. The van der Waals surface area contributed by atoms with Crippen LogP contribution in [0.4, 0.5) is 0 Å². The van der Waals surface area contributed by atoms with E-state index in [0.717, 1.165) is 17.3 Å². The average Bonchev–Trinajstić information content (AvgIpc) is 2.49. The number of hydrogen-bond acceptors (Lipinski definition) is 2. The van der Waals surface area contributed by atoms with Crippen LogP contribution in [-0.2, 0) is 11.8 Å². The first kappa shape index (κ1) is 15.2. The molecule has 20 heavy (non-hydrogen) atoms. The molecule has 0 radical (unpaired) electrons. The standard InChI is InChI=1S/C16H16BrClO2/c1-3-11-4-7-15(16(9-11)19-2)20-14-6-5-12(10-17)8-13(14)18/h4-9H,3,10H2,1-2H3. The van der Waals surface area contributed by atoms with E-state index in [9.17, 15) is 0 Å².